The molecular weight excluding hydrogens is 200 g/mol. The van der Waals surface area contributed by atoms with Crippen LogP contribution >= 0.6 is 0 Å². The maximum absolute atomic E-state index is 11.5. The molecule has 3 rings (SSSR count). The summed E-state index contributed by atoms with van der Waals surface area (Å²) in [7, 11) is 0. The molecule has 0 heterocycles. The van der Waals surface area contributed by atoms with Crippen LogP contribution in [0.5, 0.6) is 0 Å². The van der Waals surface area contributed by atoms with Crippen molar-refractivity contribution in [2.24, 2.45) is 11.8 Å². The number of rotatable bonds is 5. The Morgan fingerprint density at radius 2 is 2.00 bits per heavy atom. The molecule has 3 aliphatic rings. The van der Waals surface area contributed by atoms with Crippen LogP contribution in [0.3, 0.4) is 0 Å². The van der Waals surface area contributed by atoms with E-state index in [9.17, 15) is 4.79 Å². The van der Waals surface area contributed by atoms with Crippen LogP contribution < -0.4 is 10.6 Å². The summed E-state index contributed by atoms with van der Waals surface area (Å²) in [5, 5.41) is 6.61. The van der Waals surface area contributed by atoms with E-state index in [1.165, 1.54) is 38.5 Å². The van der Waals surface area contributed by atoms with E-state index in [-0.39, 0.29) is 5.91 Å². The van der Waals surface area contributed by atoms with E-state index in [4.69, 9.17) is 0 Å². The molecule has 0 aromatic heterocycles. The van der Waals surface area contributed by atoms with E-state index >= 15 is 0 Å². The second kappa shape index (κ2) is 4.36. The summed E-state index contributed by atoms with van der Waals surface area (Å²) < 4.78 is 0. The molecule has 3 unspecified atom stereocenters. The summed E-state index contributed by atoms with van der Waals surface area (Å²) in [5.41, 5.74) is 0. The lowest BCUT2D eigenvalue weighted by Gasteiger charge is -2.22. The standard InChI is InChI=1S/C13H22N2O/c16-13(15-11-3-4-11)5-6-14-12-8-9-1-2-10(12)7-9/h9-12,14H,1-8H2,(H,15,16). The van der Waals surface area contributed by atoms with Gasteiger partial charge < -0.3 is 10.6 Å². The Morgan fingerprint density at radius 1 is 1.12 bits per heavy atom. The van der Waals surface area contributed by atoms with Crippen LogP contribution in [0.2, 0.25) is 0 Å². The van der Waals surface area contributed by atoms with Crippen molar-refractivity contribution >= 4 is 5.91 Å². The largest absolute Gasteiger partial charge is 0.353 e. The molecule has 0 aromatic rings. The molecule has 0 aliphatic heterocycles. The van der Waals surface area contributed by atoms with Crippen LogP contribution in [0.15, 0.2) is 0 Å². The zero-order valence-electron chi connectivity index (χ0n) is 9.87. The van der Waals surface area contributed by atoms with Crippen molar-refractivity contribution in [1.82, 2.24) is 10.6 Å². The van der Waals surface area contributed by atoms with Gasteiger partial charge in [-0.05, 0) is 43.9 Å². The zero-order chi connectivity index (χ0) is 11.0. The summed E-state index contributed by atoms with van der Waals surface area (Å²) >= 11 is 0. The van der Waals surface area contributed by atoms with Crippen LogP contribution in [-0.2, 0) is 4.79 Å². The van der Waals surface area contributed by atoms with E-state index in [0.29, 0.717) is 18.5 Å². The lowest BCUT2D eigenvalue weighted by atomic mass is 9.95. The quantitative estimate of drug-likeness (QED) is 0.739. The van der Waals surface area contributed by atoms with E-state index in [1.807, 2.05) is 0 Å². The fourth-order valence-corrected chi connectivity index (χ4v) is 3.39. The van der Waals surface area contributed by atoms with Gasteiger partial charge in [0, 0.05) is 25.0 Å². The number of hydrogen-bond acceptors (Lipinski definition) is 2. The van der Waals surface area contributed by atoms with Gasteiger partial charge in [0.25, 0.3) is 0 Å². The first-order chi connectivity index (χ1) is 7.81. The van der Waals surface area contributed by atoms with Gasteiger partial charge in [-0.15, -0.1) is 0 Å². The van der Waals surface area contributed by atoms with Crippen molar-refractivity contribution in [2.75, 3.05) is 6.54 Å². The van der Waals surface area contributed by atoms with E-state index in [0.717, 1.165) is 18.4 Å². The van der Waals surface area contributed by atoms with Crippen molar-refractivity contribution in [3.63, 3.8) is 0 Å². The summed E-state index contributed by atoms with van der Waals surface area (Å²) in [5.74, 6) is 2.14. The van der Waals surface area contributed by atoms with E-state index < -0.39 is 0 Å². The number of carbonyl (C=O) groups is 1. The van der Waals surface area contributed by atoms with Crippen molar-refractivity contribution in [2.45, 2.75) is 57.0 Å². The molecule has 0 radical (unpaired) electrons. The summed E-state index contributed by atoms with van der Waals surface area (Å²) in [6, 6.07) is 1.22. The Morgan fingerprint density at radius 3 is 2.62 bits per heavy atom. The van der Waals surface area contributed by atoms with Crippen LogP contribution in [0.1, 0.15) is 44.9 Å². The summed E-state index contributed by atoms with van der Waals surface area (Å²) in [4.78, 5) is 11.5. The molecule has 3 aliphatic carbocycles. The molecule has 90 valence electrons. The fraction of sp³-hybridized carbons (Fsp3) is 0.923. The third kappa shape index (κ3) is 2.40. The van der Waals surface area contributed by atoms with Crippen LogP contribution in [0.25, 0.3) is 0 Å². The van der Waals surface area contributed by atoms with Gasteiger partial charge >= 0.3 is 0 Å². The highest BCUT2D eigenvalue weighted by Gasteiger charge is 2.38. The molecule has 3 fully saturated rings. The normalized spacial score (nSPS) is 36.6. The van der Waals surface area contributed by atoms with Gasteiger partial charge in [0.2, 0.25) is 5.91 Å². The molecule has 0 aromatic carbocycles. The average molecular weight is 222 g/mol. The predicted molar refractivity (Wildman–Crippen MR) is 63.0 cm³/mol. The maximum atomic E-state index is 11.5. The summed E-state index contributed by atoms with van der Waals surface area (Å²) in [6.07, 6.45) is 8.68. The first kappa shape index (κ1) is 10.6. The smallest absolute Gasteiger partial charge is 0.221 e. The Balaban J connectivity index is 1.32. The number of carbonyl (C=O) groups excluding carboxylic acids is 1. The van der Waals surface area contributed by atoms with Crippen molar-refractivity contribution in [3.8, 4) is 0 Å². The highest BCUT2D eigenvalue weighted by molar-refractivity contribution is 5.76. The number of hydrogen-bond donors (Lipinski definition) is 2. The van der Waals surface area contributed by atoms with Gasteiger partial charge in [-0.1, -0.05) is 6.42 Å². The Hall–Kier alpha value is -0.570. The lowest BCUT2D eigenvalue weighted by molar-refractivity contribution is -0.121. The molecule has 3 atom stereocenters. The molecule has 3 heteroatoms. The van der Waals surface area contributed by atoms with Crippen molar-refractivity contribution in [1.29, 1.82) is 0 Å². The minimum absolute atomic E-state index is 0.234. The van der Waals surface area contributed by atoms with Crippen LogP contribution in [-0.4, -0.2) is 24.5 Å². The molecule has 0 spiro atoms. The Kier molecular flexibility index (Phi) is 2.88. The van der Waals surface area contributed by atoms with E-state index in [1.54, 1.807) is 0 Å². The molecule has 3 saturated carbocycles. The van der Waals surface area contributed by atoms with Gasteiger partial charge in [-0.3, -0.25) is 4.79 Å². The topological polar surface area (TPSA) is 41.1 Å². The van der Waals surface area contributed by atoms with Crippen LogP contribution in [0, 0.1) is 11.8 Å². The first-order valence-corrected chi connectivity index (χ1v) is 6.84. The van der Waals surface area contributed by atoms with Crippen molar-refractivity contribution < 1.29 is 4.79 Å². The Labute approximate surface area is 97.4 Å². The van der Waals surface area contributed by atoms with Gasteiger partial charge in [-0.2, -0.15) is 0 Å². The first-order valence-electron chi connectivity index (χ1n) is 6.84. The summed E-state index contributed by atoms with van der Waals surface area (Å²) in [6.45, 7) is 0.867. The molecular formula is C13H22N2O. The monoisotopic (exact) mass is 222 g/mol. The van der Waals surface area contributed by atoms with Gasteiger partial charge in [0.15, 0.2) is 0 Å². The van der Waals surface area contributed by atoms with Gasteiger partial charge in [-0.25, -0.2) is 0 Å². The van der Waals surface area contributed by atoms with E-state index in [2.05, 4.69) is 10.6 Å². The molecule has 1 amide bonds. The fourth-order valence-electron chi connectivity index (χ4n) is 3.39. The number of amides is 1. The third-order valence-corrected chi connectivity index (χ3v) is 4.44. The Bertz CT molecular complexity index is 275. The third-order valence-electron chi connectivity index (χ3n) is 4.44. The molecule has 16 heavy (non-hydrogen) atoms. The second-order valence-corrected chi connectivity index (χ2v) is 5.83. The lowest BCUT2D eigenvalue weighted by Crippen LogP contribution is -2.37. The average Bonchev–Trinajstić information content (AvgIpc) is 2.84. The highest BCUT2D eigenvalue weighted by Crippen LogP contribution is 2.44. The van der Waals surface area contributed by atoms with Crippen LogP contribution in [0.4, 0.5) is 0 Å². The molecule has 0 saturated heterocycles. The predicted octanol–water partition coefficient (Wildman–Crippen LogP) is 1.43. The van der Waals surface area contributed by atoms with Gasteiger partial charge in [0.05, 0.1) is 0 Å². The molecule has 2 N–H and O–H groups in total. The van der Waals surface area contributed by atoms with Crippen molar-refractivity contribution in [3.05, 3.63) is 0 Å². The highest BCUT2D eigenvalue weighted by atomic mass is 16.1. The zero-order valence-corrected chi connectivity index (χ0v) is 9.87. The van der Waals surface area contributed by atoms with Gasteiger partial charge in [0.1, 0.15) is 0 Å². The minimum atomic E-state index is 0.234. The second-order valence-electron chi connectivity index (χ2n) is 5.83. The SMILES string of the molecule is O=C(CCNC1CC2CCC1C2)NC1CC1. The number of fused-ring (bicyclic) bond motifs is 2. The minimum Gasteiger partial charge on any atom is -0.353 e. The number of nitrogens with one attached hydrogen (secondary N) is 2. The molecule has 3 nitrogen and oxygen atoms in total. The molecule has 2 bridgehead atoms. The maximum Gasteiger partial charge on any atom is 0.221 e.